The van der Waals surface area contributed by atoms with E-state index in [0.29, 0.717) is 6.54 Å². The zero-order chi connectivity index (χ0) is 16.5. The highest BCUT2D eigenvalue weighted by atomic mass is 16.2. The number of aryl methyl sites for hydroxylation is 1. The number of benzene rings is 1. The van der Waals surface area contributed by atoms with Crippen LogP contribution in [0.4, 0.5) is 10.5 Å². The van der Waals surface area contributed by atoms with Gasteiger partial charge in [-0.3, -0.25) is 0 Å². The predicted molar refractivity (Wildman–Crippen MR) is 93.0 cm³/mol. The normalized spacial score (nSPS) is 17.4. The van der Waals surface area contributed by atoms with Crippen molar-refractivity contribution in [2.75, 3.05) is 18.4 Å². The van der Waals surface area contributed by atoms with Crippen LogP contribution in [0, 0.1) is 6.92 Å². The molecule has 1 aliphatic rings. The summed E-state index contributed by atoms with van der Waals surface area (Å²) in [6.07, 6.45) is 2.69. The number of imidazole rings is 1. The van der Waals surface area contributed by atoms with Gasteiger partial charge in [-0.2, -0.15) is 0 Å². The molecule has 1 fully saturated rings. The van der Waals surface area contributed by atoms with Gasteiger partial charge in [0.15, 0.2) is 5.65 Å². The van der Waals surface area contributed by atoms with Gasteiger partial charge in [-0.25, -0.2) is 14.8 Å². The molecule has 3 heterocycles. The summed E-state index contributed by atoms with van der Waals surface area (Å²) in [6, 6.07) is 13.6. The minimum Gasteiger partial charge on any atom is -0.322 e. The molecular formula is C18H19N5O. The van der Waals surface area contributed by atoms with E-state index in [2.05, 4.69) is 19.9 Å². The number of nitrogens with one attached hydrogen (secondary N) is 1. The number of hydrogen-bond donors (Lipinski definition) is 1. The average Bonchev–Trinajstić information content (AvgIpc) is 3.19. The third-order valence-corrected chi connectivity index (χ3v) is 4.47. The molecular weight excluding hydrogens is 302 g/mol. The molecule has 0 saturated carbocycles. The van der Waals surface area contributed by atoms with Crippen LogP contribution in [-0.2, 0) is 0 Å². The van der Waals surface area contributed by atoms with Crippen LogP contribution in [0.15, 0.2) is 48.7 Å². The molecule has 122 valence electrons. The molecule has 0 spiro atoms. The van der Waals surface area contributed by atoms with Gasteiger partial charge in [0.2, 0.25) is 0 Å². The van der Waals surface area contributed by atoms with Gasteiger partial charge in [0, 0.05) is 25.0 Å². The maximum absolute atomic E-state index is 12.5. The highest BCUT2D eigenvalue weighted by molar-refractivity contribution is 5.89. The quantitative estimate of drug-likeness (QED) is 0.788. The van der Waals surface area contributed by atoms with E-state index in [1.165, 1.54) is 0 Å². The second-order valence-electron chi connectivity index (χ2n) is 6.06. The van der Waals surface area contributed by atoms with E-state index in [1.807, 2.05) is 54.3 Å². The number of rotatable bonds is 2. The molecule has 0 radical (unpaired) electrons. The second-order valence-corrected chi connectivity index (χ2v) is 6.06. The monoisotopic (exact) mass is 321 g/mol. The Morgan fingerprint density at radius 3 is 2.88 bits per heavy atom. The van der Waals surface area contributed by atoms with E-state index >= 15 is 0 Å². The van der Waals surface area contributed by atoms with Crippen LogP contribution in [0.2, 0.25) is 0 Å². The summed E-state index contributed by atoms with van der Waals surface area (Å²) in [7, 11) is 0. The molecule has 1 N–H and O–H groups in total. The van der Waals surface area contributed by atoms with Gasteiger partial charge in [-0.1, -0.05) is 18.2 Å². The molecule has 6 nitrogen and oxygen atoms in total. The molecule has 1 atom stereocenters. The summed E-state index contributed by atoms with van der Waals surface area (Å²) in [5.74, 6) is 0.944. The molecule has 1 aromatic carbocycles. The Balaban J connectivity index is 1.52. The number of pyridine rings is 1. The lowest BCUT2D eigenvalue weighted by Crippen LogP contribution is -2.33. The fourth-order valence-corrected chi connectivity index (χ4v) is 3.34. The molecule has 0 aliphatic carbocycles. The van der Waals surface area contributed by atoms with Crippen molar-refractivity contribution in [1.29, 1.82) is 0 Å². The summed E-state index contributed by atoms with van der Waals surface area (Å²) in [5, 5.41) is 2.95. The minimum absolute atomic E-state index is 0.0567. The number of urea groups is 1. The summed E-state index contributed by atoms with van der Waals surface area (Å²) in [4.78, 5) is 23.3. The first-order valence-electron chi connectivity index (χ1n) is 8.13. The number of hydrogen-bond acceptors (Lipinski definition) is 3. The number of likely N-dealkylation sites (tertiary alicyclic amines) is 1. The largest absolute Gasteiger partial charge is 0.322 e. The maximum atomic E-state index is 12.5. The lowest BCUT2D eigenvalue weighted by Gasteiger charge is -2.18. The van der Waals surface area contributed by atoms with Gasteiger partial charge in [0.25, 0.3) is 0 Å². The highest BCUT2D eigenvalue weighted by Gasteiger charge is 2.29. The lowest BCUT2D eigenvalue weighted by atomic mass is 10.2. The van der Waals surface area contributed by atoms with Crippen molar-refractivity contribution in [3.05, 3.63) is 54.5 Å². The fraction of sp³-hybridized carbons (Fsp3) is 0.278. The van der Waals surface area contributed by atoms with Gasteiger partial charge in [0.1, 0.15) is 11.3 Å². The SMILES string of the molecule is Cc1nc2cccnc2n1[C@@H]1CCN(C(=O)Nc2ccccc2)C1. The van der Waals surface area contributed by atoms with Crippen molar-refractivity contribution in [1.82, 2.24) is 19.4 Å². The predicted octanol–water partition coefficient (Wildman–Crippen LogP) is 3.22. The molecule has 2 amide bonds. The van der Waals surface area contributed by atoms with Crippen molar-refractivity contribution < 1.29 is 4.79 Å². The van der Waals surface area contributed by atoms with Crippen LogP contribution in [0.3, 0.4) is 0 Å². The molecule has 4 rings (SSSR count). The van der Waals surface area contributed by atoms with Gasteiger partial charge in [-0.05, 0) is 37.6 Å². The summed E-state index contributed by atoms with van der Waals surface area (Å²) >= 11 is 0. The summed E-state index contributed by atoms with van der Waals surface area (Å²) in [5.41, 5.74) is 2.62. The van der Waals surface area contributed by atoms with Gasteiger partial charge >= 0.3 is 6.03 Å². The van der Waals surface area contributed by atoms with Crippen LogP contribution in [0.1, 0.15) is 18.3 Å². The second kappa shape index (κ2) is 5.96. The number of fused-ring (bicyclic) bond motifs is 1. The van der Waals surface area contributed by atoms with E-state index in [4.69, 9.17) is 0 Å². The molecule has 6 heteroatoms. The Morgan fingerprint density at radius 2 is 2.04 bits per heavy atom. The molecule has 3 aromatic rings. The van der Waals surface area contributed by atoms with Crippen molar-refractivity contribution in [3.63, 3.8) is 0 Å². The maximum Gasteiger partial charge on any atom is 0.321 e. The highest BCUT2D eigenvalue weighted by Crippen LogP contribution is 2.27. The molecule has 24 heavy (non-hydrogen) atoms. The number of carbonyl (C=O) groups excluding carboxylic acids is 1. The van der Waals surface area contributed by atoms with Gasteiger partial charge in [0.05, 0.1) is 6.04 Å². The third-order valence-electron chi connectivity index (χ3n) is 4.47. The summed E-state index contributed by atoms with van der Waals surface area (Å²) in [6.45, 7) is 3.39. The molecule has 0 bridgehead atoms. The van der Waals surface area contributed by atoms with Crippen LogP contribution < -0.4 is 5.32 Å². The number of amides is 2. The smallest absolute Gasteiger partial charge is 0.321 e. The Labute approximate surface area is 140 Å². The van der Waals surface area contributed by atoms with E-state index in [1.54, 1.807) is 6.20 Å². The standard InChI is InChI=1S/C18H19N5O/c1-13-20-16-8-5-10-19-17(16)23(13)15-9-11-22(12-15)18(24)21-14-6-3-2-4-7-14/h2-8,10,15H,9,11-12H2,1H3,(H,21,24)/t15-/m1/s1. The first-order chi connectivity index (χ1) is 11.7. The Kier molecular flexibility index (Phi) is 3.65. The van der Waals surface area contributed by atoms with Gasteiger partial charge < -0.3 is 14.8 Å². The minimum atomic E-state index is -0.0567. The van der Waals surface area contributed by atoms with Crippen molar-refractivity contribution in [2.24, 2.45) is 0 Å². The van der Waals surface area contributed by atoms with Crippen molar-refractivity contribution in [2.45, 2.75) is 19.4 Å². The Hall–Kier alpha value is -2.89. The van der Waals surface area contributed by atoms with Crippen LogP contribution in [0.25, 0.3) is 11.2 Å². The first-order valence-corrected chi connectivity index (χ1v) is 8.13. The Bertz CT molecular complexity index is 874. The van der Waals surface area contributed by atoms with Crippen molar-refractivity contribution in [3.8, 4) is 0 Å². The van der Waals surface area contributed by atoms with Crippen LogP contribution >= 0.6 is 0 Å². The average molecular weight is 321 g/mol. The third kappa shape index (κ3) is 2.60. The van der Waals surface area contributed by atoms with E-state index in [9.17, 15) is 4.79 Å². The van der Waals surface area contributed by atoms with Crippen molar-refractivity contribution >= 4 is 22.9 Å². The molecule has 0 unspecified atom stereocenters. The zero-order valence-electron chi connectivity index (χ0n) is 13.5. The van der Waals surface area contributed by atoms with Crippen LogP contribution in [0.5, 0.6) is 0 Å². The first kappa shape index (κ1) is 14.7. The molecule has 1 aliphatic heterocycles. The molecule has 2 aromatic heterocycles. The van der Waals surface area contributed by atoms with E-state index in [-0.39, 0.29) is 12.1 Å². The number of nitrogens with zero attached hydrogens (tertiary/aromatic N) is 4. The van der Waals surface area contributed by atoms with Crippen LogP contribution in [-0.4, -0.2) is 38.6 Å². The number of carbonyl (C=O) groups is 1. The number of aromatic nitrogens is 3. The topological polar surface area (TPSA) is 63.1 Å². The fourth-order valence-electron chi connectivity index (χ4n) is 3.34. The van der Waals surface area contributed by atoms with Gasteiger partial charge in [-0.15, -0.1) is 0 Å². The number of para-hydroxylation sites is 1. The zero-order valence-corrected chi connectivity index (χ0v) is 13.5. The van der Waals surface area contributed by atoms with E-state index in [0.717, 1.165) is 35.6 Å². The van der Waals surface area contributed by atoms with E-state index < -0.39 is 0 Å². The Morgan fingerprint density at radius 1 is 1.21 bits per heavy atom. The molecule has 1 saturated heterocycles. The number of anilines is 1. The lowest BCUT2D eigenvalue weighted by molar-refractivity contribution is 0.221. The summed E-state index contributed by atoms with van der Waals surface area (Å²) < 4.78 is 2.16.